The van der Waals surface area contributed by atoms with E-state index in [1.165, 1.54) is 52.2 Å². The van der Waals surface area contributed by atoms with Gasteiger partial charge in [0, 0.05) is 21.0 Å². The average molecular weight is 494 g/mol. The normalized spacial score (nSPS) is 15.6. The number of fused-ring (bicyclic) bond motifs is 1. The zero-order valence-corrected chi connectivity index (χ0v) is 20.5. The Kier molecular flexibility index (Phi) is 7.35. The molecule has 1 aliphatic rings. The van der Waals surface area contributed by atoms with Gasteiger partial charge < -0.3 is 10.6 Å². The van der Waals surface area contributed by atoms with E-state index in [0.29, 0.717) is 27.7 Å². The fourth-order valence-corrected chi connectivity index (χ4v) is 6.17. The van der Waals surface area contributed by atoms with E-state index < -0.39 is 11.1 Å². The summed E-state index contributed by atoms with van der Waals surface area (Å²) in [5, 5.41) is 15.6. The average Bonchev–Trinajstić information content (AvgIpc) is 3.15. The molecule has 1 aliphatic carbocycles. The molecule has 2 N–H and O–H groups in total. The van der Waals surface area contributed by atoms with Crippen molar-refractivity contribution in [3.8, 4) is 6.07 Å². The molecule has 0 aliphatic heterocycles. The number of nitrogens with one attached hydrogen (secondary N) is 2. The molecule has 3 aromatic rings. The van der Waals surface area contributed by atoms with Gasteiger partial charge in [-0.05, 0) is 80.1 Å². The van der Waals surface area contributed by atoms with Gasteiger partial charge in [-0.25, -0.2) is 4.39 Å². The minimum Gasteiger partial charge on any atom is -0.322 e. The van der Waals surface area contributed by atoms with E-state index in [4.69, 9.17) is 0 Å². The summed E-state index contributed by atoms with van der Waals surface area (Å²) in [6.45, 7) is 4.02. The molecule has 4 rings (SSSR count). The van der Waals surface area contributed by atoms with Crippen LogP contribution in [0.1, 0.15) is 46.6 Å². The summed E-state index contributed by atoms with van der Waals surface area (Å²) >= 11 is 2.88. The molecule has 5 nitrogen and oxygen atoms in total. The lowest BCUT2D eigenvalue weighted by Gasteiger charge is -2.17. The first-order chi connectivity index (χ1) is 16.3. The maximum Gasteiger partial charge on any atom is 0.255 e. The van der Waals surface area contributed by atoms with Crippen LogP contribution < -0.4 is 10.6 Å². The Labute approximate surface area is 206 Å². The van der Waals surface area contributed by atoms with Crippen LogP contribution in [0.15, 0.2) is 53.4 Å². The summed E-state index contributed by atoms with van der Waals surface area (Å²) in [4.78, 5) is 27.3. The van der Waals surface area contributed by atoms with E-state index in [1.54, 1.807) is 18.2 Å². The summed E-state index contributed by atoms with van der Waals surface area (Å²) < 4.78 is 13.1. The van der Waals surface area contributed by atoms with Gasteiger partial charge in [-0.1, -0.05) is 13.0 Å². The largest absolute Gasteiger partial charge is 0.322 e. The van der Waals surface area contributed by atoms with Gasteiger partial charge in [0.2, 0.25) is 5.91 Å². The van der Waals surface area contributed by atoms with E-state index in [9.17, 15) is 19.2 Å². The minimum atomic E-state index is -0.410. The highest BCUT2D eigenvalue weighted by Gasteiger charge is 2.26. The van der Waals surface area contributed by atoms with Crippen molar-refractivity contribution in [2.24, 2.45) is 5.92 Å². The van der Waals surface area contributed by atoms with Crippen LogP contribution in [0.5, 0.6) is 0 Å². The van der Waals surface area contributed by atoms with E-state index in [1.807, 2.05) is 13.0 Å². The number of halogens is 1. The highest BCUT2D eigenvalue weighted by atomic mass is 32.2. The fourth-order valence-electron chi connectivity index (χ4n) is 3.88. The molecule has 0 saturated heterocycles. The molecule has 8 heteroatoms. The summed E-state index contributed by atoms with van der Waals surface area (Å²) in [5.74, 6) is -0.324. The Morgan fingerprint density at radius 1 is 1.21 bits per heavy atom. The number of nitrogens with zero attached hydrogens (tertiary/aromatic N) is 1. The molecule has 0 radical (unpaired) electrons. The van der Waals surface area contributed by atoms with E-state index >= 15 is 0 Å². The Hall–Kier alpha value is -3.15. The maximum absolute atomic E-state index is 13.1. The second-order valence-corrected chi connectivity index (χ2v) is 10.9. The number of anilines is 2. The number of hydrogen-bond acceptors (Lipinski definition) is 5. The Morgan fingerprint density at radius 2 is 1.97 bits per heavy atom. The highest BCUT2D eigenvalue weighted by molar-refractivity contribution is 8.00. The number of nitriles is 1. The van der Waals surface area contributed by atoms with Crippen LogP contribution in [-0.4, -0.2) is 17.1 Å². The van der Waals surface area contributed by atoms with Gasteiger partial charge in [0.15, 0.2) is 0 Å². The first-order valence-electron chi connectivity index (χ1n) is 11.0. The molecular weight excluding hydrogens is 469 g/mol. The van der Waals surface area contributed by atoms with Gasteiger partial charge in [-0.2, -0.15) is 5.26 Å². The summed E-state index contributed by atoms with van der Waals surface area (Å²) in [5.41, 5.74) is 2.63. The molecule has 34 heavy (non-hydrogen) atoms. The monoisotopic (exact) mass is 493 g/mol. The van der Waals surface area contributed by atoms with Crippen LogP contribution in [0.2, 0.25) is 0 Å². The highest BCUT2D eigenvalue weighted by Crippen LogP contribution is 2.39. The molecule has 2 amide bonds. The smallest absolute Gasteiger partial charge is 0.255 e. The summed E-state index contributed by atoms with van der Waals surface area (Å²) in [6.07, 6.45) is 2.89. The third-order valence-corrected chi connectivity index (χ3v) is 8.00. The van der Waals surface area contributed by atoms with Crippen LogP contribution in [-0.2, 0) is 17.6 Å². The molecule has 2 unspecified atom stereocenters. The van der Waals surface area contributed by atoms with Gasteiger partial charge in [0.25, 0.3) is 5.91 Å². The van der Waals surface area contributed by atoms with Gasteiger partial charge in [0.05, 0.1) is 10.8 Å². The third-order valence-electron chi connectivity index (χ3n) is 5.74. The summed E-state index contributed by atoms with van der Waals surface area (Å²) in [6, 6.07) is 14.8. The third kappa shape index (κ3) is 5.49. The van der Waals surface area contributed by atoms with Gasteiger partial charge in [-0.15, -0.1) is 23.1 Å². The molecule has 174 valence electrons. The molecule has 2 aromatic carbocycles. The molecule has 1 aromatic heterocycles. The molecule has 0 spiro atoms. The van der Waals surface area contributed by atoms with Crippen LogP contribution >= 0.6 is 23.1 Å². The molecule has 2 atom stereocenters. The van der Waals surface area contributed by atoms with Crippen molar-refractivity contribution in [1.29, 1.82) is 5.26 Å². The van der Waals surface area contributed by atoms with Crippen molar-refractivity contribution in [3.05, 3.63) is 75.9 Å². The number of thioether (sulfide) groups is 1. The van der Waals surface area contributed by atoms with Crippen molar-refractivity contribution in [2.45, 2.75) is 43.3 Å². The minimum absolute atomic E-state index is 0.172. The van der Waals surface area contributed by atoms with Gasteiger partial charge in [-0.3, -0.25) is 9.59 Å². The topological polar surface area (TPSA) is 82.0 Å². The van der Waals surface area contributed by atoms with E-state index in [2.05, 4.69) is 23.6 Å². The Bertz CT molecular complexity index is 1260. The number of rotatable bonds is 6. The van der Waals surface area contributed by atoms with Crippen LogP contribution in [0, 0.1) is 23.1 Å². The maximum atomic E-state index is 13.1. The molecule has 1 heterocycles. The number of carbonyl (C=O) groups is 2. The van der Waals surface area contributed by atoms with Crippen molar-refractivity contribution >= 4 is 45.6 Å². The SMILES string of the molecule is CC1CCc2c(sc(NC(=O)C(C)Sc3cccc(NC(=O)c4ccc(F)cc4)c3)c2C#N)C1. The number of amides is 2. The number of carbonyl (C=O) groups excluding carboxylic acids is 2. The number of benzene rings is 2. The standard InChI is InChI=1S/C26H24FN3O2S2/c1-15-6-11-21-22(14-28)26(34-23(21)12-15)30-24(31)16(2)33-20-5-3-4-19(13-20)29-25(32)17-7-9-18(27)10-8-17/h3-5,7-10,13,15-16H,6,11-12H2,1-2H3,(H,29,32)(H,30,31). The lowest BCUT2D eigenvalue weighted by molar-refractivity contribution is -0.115. The predicted molar refractivity (Wildman–Crippen MR) is 135 cm³/mol. The van der Waals surface area contributed by atoms with Gasteiger partial charge in [0.1, 0.15) is 16.9 Å². The van der Waals surface area contributed by atoms with Crippen molar-refractivity contribution in [1.82, 2.24) is 0 Å². The lowest BCUT2D eigenvalue weighted by Crippen LogP contribution is -2.22. The number of hydrogen-bond donors (Lipinski definition) is 2. The first-order valence-corrected chi connectivity index (χ1v) is 12.7. The van der Waals surface area contributed by atoms with Crippen molar-refractivity contribution in [3.63, 3.8) is 0 Å². The zero-order valence-electron chi connectivity index (χ0n) is 18.9. The fraction of sp³-hybridized carbons (Fsp3) is 0.269. The quantitative estimate of drug-likeness (QED) is 0.397. The second-order valence-electron chi connectivity index (χ2n) is 8.41. The Morgan fingerprint density at radius 3 is 2.71 bits per heavy atom. The lowest BCUT2D eigenvalue weighted by atomic mass is 9.89. The van der Waals surface area contributed by atoms with Crippen LogP contribution in [0.25, 0.3) is 0 Å². The second kappa shape index (κ2) is 10.4. The molecule has 0 fully saturated rings. The van der Waals surface area contributed by atoms with Crippen LogP contribution in [0.3, 0.4) is 0 Å². The van der Waals surface area contributed by atoms with Gasteiger partial charge >= 0.3 is 0 Å². The predicted octanol–water partition coefficient (Wildman–Crippen LogP) is 6.26. The van der Waals surface area contributed by atoms with Crippen LogP contribution in [0.4, 0.5) is 15.1 Å². The summed E-state index contributed by atoms with van der Waals surface area (Å²) in [7, 11) is 0. The van der Waals surface area contributed by atoms with E-state index in [0.717, 1.165) is 29.7 Å². The molecule has 0 saturated carbocycles. The molecule has 0 bridgehead atoms. The molecular formula is C26H24FN3O2S2. The number of thiophene rings is 1. The van der Waals surface area contributed by atoms with Crippen molar-refractivity contribution < 1.29 is 14.0 Å². The van der Waals surface area contributed by atoms with E-state index in [-0.39, 0.29) is 11.8 Å². The first kappa shape index (κ1) is 24.0. The zero-order chi connectivity index (χ0) is 24.2. The Balaban J connectivity index is 1.41. The van der Waals surface area contributed by atoms with Crippen molar-refractivity contribution in [2.75, 3.05) is 10.6 Å².